The number of rotatable bonds is 6. The number of aromatic nitrogens is 2. The molecule has 2 heterocycles. The zero-order chi connectivity index (χ0) is 20.2. The molecule has 0 saturated heterocycles. The van der Waals surface area contributed by atoms with Gasteiger partial charge in [0, 0.05) is 24.7 Å². The van der Waals surface area contributed by atoms with Crippen LogP contribution in [0.15, 0.2) is 72.9 Å². The summed E-state index contributed by atoms with van der Waals surface area (Å²) in [6, 6.07) is 17.9. The first-order chi connectivity index (χ1) is 14.1. The van der Waals surface area contributed by atoms with Crippen LogP contribution in [-0.2, 0) is 17.8 Å². The third-order valence-corrected chi connectivity index (χ3v) is 4.74. The lowest BCUT2D eigenvalue weighted by Crippen LogP contribution is -2.23. The highest BCUT2D eigenvalue weighted by atomic mass is 19.1. The van der Waals surface area contributed by atoms with Crippen LogP contribution in [0.25, 0.3) is 16.9 Å². The Hall–Kier alpha value is -3.54. The number of hydrogen-bond acceptors (Lipinski definition) is 2. The number of hydrogen-bond donors (Lipinski definition) is 1. The molecule has 0 bridgehead atoms. The lowest BCUT2D eigenvalue weighted by atomic mass is 10.1. The van der Waals surface area contributed by atoms with Crippen molar-refractivity contribution in [2.24, 2.45) is 0 Å². The van der Waals surface area contributed by atoms with Crippen LogP contribution < -0.4 is 5.32 Å². The Kier molecular flexibility index (Phi) is 5.33. The highest BCUT2D eigenvalue weighted by molar-refractivity contribution is 5.77. The second-order valence-electron chi connectivity index (χ2n) is 6.75. The van der Waals surface area contributed by atoms with Crippen LogP contribution in [0.1, 0.15) is 17.7 Å². The van der Waals surface area contributed by atoms with E-state index in [1.807, 2.05) is 28.8 Å². The molecule has 146 valence electrons. The van der Waals surface area contributed by atoms with Gasteiger partial charge in [-0.3, -0.25) is 4.79 Å². The maximum Gasteiger partial charge on any atom is 0.220 e. The van der Waals surface area contributed by atoms with E-state index in [1.54, 1.807) is 24.3 Å². The largest absolute Gasteiger partial charge is 0.352 e. The molecule has 1 amide bonds. The van der Waals surface area contributed by atoms with Crippen molar-refractivity contribution in [3.63, 3.8) is 0 Å². The van der Waals surface area contributed by atoms with Gasteiger partial charge < -0.3 is 9.72 Å². The summed E-state index contributed by atoms with van der Waals surface area (Å²) < 4.78 is 28.2. The molecule has 2 aromatic heterocycles. The molecule has 0 aliphatic carbocycles. The Morgan fingerprint density at radius 3 is 2.34 bits per heavy atom. The molecule has 4 aromatic rings. The summed E-state index contributed by atoms with van der Waals surface area (Å²) in [7, 11) is 0. The average Bonchev–Trinajstić information content (AvgIpc) is 3.11. The quantitative estimate of drug-likeness (QED) is 0.525. The number of aryl methyl sites for hydroxylation is 1. The number of nitrogens with zero attached hydrogens (tertiary/aromatic N) is 2. The average molecular weight is 391 g/mol. The molecule has 29 heavy (non-hydrogen) atoms. The summed E-state index contributed by atoms with van der Waals surface area (Å²) >= 11 is 0. The second kappa shape index (κ2) is 8.22. The molecule has 0 unspecified atom stereocenters. The fraction of sp³-hybridized carbons (Fsp3) is 0.130. The summed E-state index contributed by atoms with van der Waals surface area (Å²) in [5.41, 5.74) is 4.04. The Balaban J connectivity index is 1.50. The van der Waals surface area contributed by atoms with E-state index in [0.717, 1.165) is 28.2 Å². The van der Waals surface area contributed by atoms with Crippen LogP contribution >= 0.6 is 0 Å². The minimum atomic E-state index is -0.306. The summed E-state index contributed by atoms with van der Waals surface area (Å²) in [5.74, 6) is -0.717. The number of nitrogens with one attached hydrogen (secondary N) is 1. The van der Waals surface area contributed by atoms with Crippen molar-refractivity contribution in [3.05, 3.63) is 95.8 Å². The zero-order valence-electron chi connectivity index (χ0n) is 15.6. The molecular weight excluding hydrogens is 372 g/mol. The monoisotopic (exact) mass is 391 g/mol. The van der Waals surface area contributed by atoms with Crippen molar-refractivity contribution < 1.29 is 13.6 Å². The van der Waals surface area contributed by atoms with Gasteiger partial charge >= 0.3 is 0 Å². The number of carbonyl (C=O) groups is 1. The Labute approximate surface area is 166 Å². The number of pyridine rings is 1. The van der Waals surface area contributed by atoms with Gasteiger partial charge in [0.2, 0.25) is 5.91 Å². The summed E-state index contributed by atoms with van der Waals surface area (Å²) in [5, 5.41) is 2.85. The van der Waals surface area contributed by atoms with Crippen molar-refractivity contribution in [2.75, 3.05) is 0 Å². The predicted octanol–water partition coefficient (Wildman–Crippen LogP) is 4.53. The number of carbonyl (C=O) groups excluding carboxylic acids is 1. The molecule has 0 aliphatic rings. The van der Waals surface area contributed by atoms with E-state index in [-0.39, 0.29) is 24.0 Å². The SMILES string of the molecule is O=C(CCc1c(-c2ccc(F)cc2)nc2ccccn12)NCc1ccc(F)cc1. The molecule has 4 nitrogen and oxygen atoms in total. The van der Waals surface area contributed by atoms with Crippen molar-refractivity contribution >= 4 is 11.6 Å². The van der Waals surface area contributed by atoms with Crippen LogP contribution in [0.3, 0.4) is 0 Å². The maximum atomic E-state index is 13.3. The van der Waals surface area contributed by atoms with Gasteiger partial charge in [0.1, 0.15) is 17.3 Å². The van der Waals surface area contributed by atoms with Gasteiger partial charge in [-0.25, -0.2) is 13.8 Å². The first-order valence-corrected chi connectivity index (χ1v) is 9.33. The van der Waals surface area contributed by atoms with Gasteiger partial charge in [0.25, 0.3) is 0 Å². The van der Waals surface area contributed by atoms with E-state index in [2.05, 4.69) is 10.3 Å². The minimum absolute atomic E-state index is 0.106. The van der Waals surface area contributed by atoms with Crippen molar-refractivity contribution in [3.8, 4) is 11.3 Å². The number of halogens is 2. The molecule has 0 spiro atoms. The van der Waals surface area contributed by atoms with Gasteiger partial charge in [0.05, 0.1) is 11.4 Å². The molecule has 4 rings (SSSR count). The third kappa shape index (κ3) is 4.32. The number of amides is 1. The van der Waals surface area contributed by atoms with E-state index >= 15 is 0 Å². The number of fused-ring (bicyclic) bond motifs is 1. The number of benzene rings is 2. The fourth-order valence-electron chi connectivity index (χ4n) is 3.25. The molecule has 0 fully saturated rings. The second-order valence-corrected chi connectivity index (χ2v) is 6.75. The lowest BCUT2D eigenvalue weighted by Gasteiger charge is -2.07. The standard InChI is InChI=1S/C23H19F2N3O/c24-18-8-4-16(5-9-18)15-26-22(29)13-12-20-23(17-6-10-19(25)11-7-17)27-21-3-1-2-14-28(20)21/h1-11,14H,12-13,15H2,(H,26,29). The lowest BCUT2D eigenvalue weighted by molar-refractivity contribution is -0.121. The van der Waals surface area contributed by atoms with Crippen LogP contribution in [0.5, 0.6) is 0 Å². The third-order valence-electron chi connectivity index (χ3n) is 4.74. The molecular formula is C23H19F2N3O. The number of imidazole rings is 1. The summed E-state index contributed by atoms with van der Waals surface area (Å²) in [6.07, 6.45) is 2.66. The van der Waals surface area contributed by atoms with Crippen LogP contribution in [0.4, 0.5) is 8.78 Å². The van der Waals surface area contributed by atoms with E-state index in [4.69, 9.17) is 0 Å². The van der Waals surface area contributed by atoms with E-state index < -0.39 is 0 Å². The van der Waals surface area contributed by atoms with Gasteiger partial charge in [0.15, 0.2) is 0 Å². The van der Waals surface area contributed by atoms with Gasteiger partial charge in [-0.15, -0.1) is 0 Å². The van der Waals surface area contributed by atoms with E-state index in [0.29, 0.717) is 13.0 Å². The minimum Gasteiger partial charge on any atom is -0.352 e. The van der Waals surface area contributed by atoms with Crippen LogP contribution in [0, 0.1) is 11.6 Å². The van der Waals surface area contributed by atoms with Gasteiger partial charge in [-0.2, -0.15) is 0 Å². The molecule has 6 heteroatoms. The Morgan fingerprint density at radius 2 is 1.62 bits per heavy atom. The molecule has 0 saturated carbocycles. The first-order valence-electron chi connectivity index (χ1n) is 9.33. The van der Waals surface area contributed by atoms with Crippen molar-refractivity contribution in [1.82, 2.24) is 14.7 Å². The van der Waals surface area contributed by atoms with Gasteiger partial charge in [-0.05, 0) is 60.5 Å². The van der Waals surface area contributed by atoms with E-state index in [9.17, 15) is 13.6 Å². The highest BCUT2D eigenvalue weighted by Crippen LogP contribution is 2.25. The first kappa shape index (κ1) is 18.8. The molecule has 1 N–H and O–H groups in total. The fourth-order valence-corrected chi connectivity index (χ4v) is 3.25. The highest BCUT2D eigenvalue weighted by Gasteiger charge is 2.15. The van der Waals surface area contributed by atoms with Crippen LogP contribution in [-0.4, -0.2) is 15.3 Å². The van der Waals surface area contributed by atoms with Crippen LogP contribution in [0.2, 0.25) is 0 Å². The molecule has 0 atom stereocenters. The smallest absolute Gasteiger partial charge is 0.220 e. The van der Waals surface area contributed by atoms with Gasteiger partial charge in [-0.1, -0.05) is 18.2 Å². The van der Waals surface area contributed by atoms with Crippen molar-refractivity contribution in [1.29, 1.82) is 0 Å². The predicted molar refractivity (Wildman–Crippen MR) is 107 cm³/mol. The zero-order valence-corrected chi connectivity index (χ0v) is 15.6. The summed E-state index contributed by atoms with van der Waals surface area (Å²) in [4.78, 5) is 17.0. The Morgan fingerprint density at radius 1 is 0.931 bits per heavy atom. The molecule has 2 aromatic carbocycles. The topological polar surface area (TPSA) is 46.4 Å². The summed E-state index contributed by atoms with van der Waals surface area (Å²) in [6.45, 7) is 0.344. The molecule has 0 aliphatic heterocycles. The molecule has 0 radical (unpaired) electrons. The van der Waals surface area contributed by atoms with E-state index in [1.165, 1.54) is 24.3 Å². The van der Waals surface area contributed by atoms with Crippen molar-refractivity contribution in [2.45, 2.75) is 19.4 Å². The Bertz CT molecular complexity index is 1140. The maximum absolute atomic E-state index is 13.3. The normalized spacial score (nSPS) is 11.0.